The lowest BCUT2D eigenvalue weighted by Crippen LogP contribution is -2.46. The number of benzene rings is 2. The number of carbonyl (C=O) groups excluding carboxylic acids is 2. The topological polar surface area (TPSA) is 52.6 Å². The fourth-order valence-electron chi connectivity index (χ4n) is 3.94. The van der Waals surface area contributed by atoms with Crippen molar-refractivity contribution in [2.45, 2.75) is 50.7 Å². The van der Waals surface area contributed by atoms with Crippen LogP contribution in [0, 0.1) is 0 Å². The van der Waals surface area contributed by atoms with Crippen molar-refractivity contribution in [2.24, 2.45) is 0 Å². The summed E-state index contributed by atoms with van der Waals surface area (Å²) in [4.78, 5) is 23.6. The van der Waals surface area contributed by atoms with Crippen molar-refractivity contribution in [3.8, 4) is 0 Å². The lowest BCUT2D eigenvalue weighted by atomic mass is 9.72. The fraction of sp³-hybridized carbons (Fsp3) is 0.364. The highest BCUT2D eigenvalue weighted by molar-refractivity contribution is 5.67. The molecule has 0 unspecified atom stereocenters. The van der Waals surface area contributed by atoms with Crippen molar-refractivity contribution < 1.29 is 19.1 Å². The quantitative estimate of drug-likeness (QED) is 0.774. The predicted molar refractivity (Wildman–Crippen MR) is 98.7 cm³/mol. The first kappa shape index (κ1) is 18.2. The molecule has 0 heterocycles. The molecule has 136 valence electrons. The van der Waals surface area contributed by atoms with Gasteiger partial charge in [0.25, 0.3) is 0 Å². The maximum atomic E-state index is 11.8. The van der Waals surface area contributed by atoms with Gasteiger partial charge in [0.15, 0.2) is 0 Å². The van der Waals surface area contributed by atoms with Gasteiger partial charge in [-0.05, 0) is 24.0 Å². The molecule has 26 heavy (non-hydrogen) atoms. The Morgan fingerprint density at radius 3 is 1.35 bits per heavy atom. The monoisotopic (exact) mass is 352 g/mol. The number of esters is 2. The van der Waals surface area contributed by atoms with Crippen LogP contribution in [-0.4, -0.2) is 24.1 Å². The van der Waals surface area contributed by atoms with Gasteiger partial charge in [-0.25, -0.2) is 0 Å². The minimum atomic E-state index is -0.502. The van der Waals surface area contributed by atoms with Gasteiger partial charge in [-0.1, -0.05) is 60.7 Å². The Bertz CT molecular complexity index is 676. The average molecular weight is 352 g/mol. The van der Waals surface area contributed by atoms with E-state index in [1.54, 1.807) is 0 Å². The van der Waals surface area contributed by atoms with Crippen LogP contribution in [-0.2, 0) is 19.1 Å². The van der Waals surface area contributed by atoms with E-state index in [4.69, 9.17) is 9.47 Å². The third-order valence-corrected chi connectivity index (χ3v) is 4.97. The molecule has 0 N–H and O–H groups in total. The SMILES string of the molecule is CC(=O)O[C@@H]1[C@H](OC(C)=O)[C@H](c2ccccc2)CC[C@H]1c1ccccc1. The van der Waals surface area contributed by atoms with Crippen molar-refractivity contribution in [2.75, 3.05) is 0 Å². The molecule has 3 rings (SSSR count). The first-order valence-corrected chi connectivity index (χ1v) is 9.00. The Labute approximate surface area is 154 Å². The number of ether oxygens (including phenoxy) is 2. The van der Waals surface area contributed by atoms with E-state index in [9.17, 15) is 9.59 Å². The Kier molecular flexibility index (Phi) is 5.71. The molecule has 1 saturated carbocycles. The molecule has 2 aromatic carbocycles. The summed E-state index contributed by atoms with van der Waals surface area (Å²) in [6.45, 7) is 2.80. The molecule has 0 saturated heterocycles. The molecule has 1 aliphatic carbocycles. The van der Waals surface area contributed by atoms with E-state index in [-0.39, 0.29) is 23.8 Å². The Hall–Kier alpha value is -2.62. The molecule has 4 heteroatoms. The van der Waals surface area contributed by atoms with E-state index in [0.717, 1.165) is 24.0 Å². The summed E-state index contributed by atoms with van der Waals surface area (Å²) in [5.41, 5.74) is 2.20. The van der Waals surface area contributed by atoms with Crippen molar-refractivity contribution in [3.63, 3.8) is 0 Å². The highest BCUT2D eigenvalue weighted by Gasteiger charge is 2.44. The summed E-state index contributed by atoms with van der Waals surface area (Å²) in [6.07, 6.45) is 0.717. The second-order valence-corrected chi connectivity index (χ2v) is 6.76. The van der Waals surface area contributed by atoms with Gasteiger partial charge >= 0.3 is 11.9 Å². The van der Waals surface area contributed by atoms with Crippen LogP contribution in [0.15, 0.2) is 60.7 Å². The van der Waals surface area contributed by atoms with E-state index in [1.807, 2.05) is 60.7 Å². The average Bonchev–Trinajstić information content (AvgIpc) is 2.63. The molecule has 0 radical (unpaired) electrons. The van der Waals surface area contributed by atoms with Crippen molar-refractivity contribution in [1.82, 2.24) is 0 Å². The molecule has 4 nitrogen and oxygen atoms in total. The smallest absolute Gasteiger partial charge is 0.303 e. The molecular formula is C22H24O4. The summed E-state index contributed by atoms with van der Waals surface area (Å²) in [6, 6.07) is 20.0. The molecule has 4 atom stereocenters. The van der Waals surface area contributed by atoms with Gasteiger partial charge in [-0.15, -0.1) is 0 Å². The van der Waals surface area contributed by atoms with Crippen LogP contribution in [0.1, 0.15) is 49.7 Å². The molecule has 0 aromatic heterocycles. The summed E-state index contributed by atoms with van der Waals surface area (Å²) >= 11 is 0. The standard InChI is InChI=1S/C22H24O4/c1-15(23)25-21-19(17-9-5-3-6-10-17)13-14-20(22(21)26-16(2)24)18-11-7-4-8-12-18/h3-12,19-22H,13-14H2,1-2H3/t19-,20-,21-,22+/m0/s1. The number of carbonyl (C=O) groups is 2. The third-order valence-electron chi connectivity index (χ3n) is 4.97. The van der Waals surface area contributed by atoms with Crippen LogP contribution >= 0.6 is 0 Å². The zero-order chi connectivity index (χ0) is 18.5. The highest BCUT2D eigenvalue weighted by Crippen LogP contribution is 2.43. The first-order chi connectivity index (χ1) is 12.6. The lowest BCUT2D eigenvalue weighted by Gasteiger charge is -2.42. The molecule has 0 bridgehead atoms. The first-order valence-electron chi connectivity index (χ1n) is 9.00. The third kappa shape index (κ3) is 4.13. The van der Waals surface area contributed by atoms with Crippen LogP contribution in [0.25, 0.3) is 0 Å². The van der Waals surface area contributed by atoms with E-state index in [2.05, 4.69) is 0 Å². The van der Waals surface area contributed by atoms with Gasteiger partial charge in [0.1, 0.15) is 12.2 Å². The second kappa shape index (κ2) is 8.17. The zero-order valence-corrected chi connectivity index (χ0v) is 15.1. The molecule has 0 spiro atoms. The summed E-state index contributed by atoms with van der Waals surface area (Å²) in [7, 11) is 0. The minimum Gasteiger partial charge on any atom is -0.458 e. The van der Waals surface area contributed by atoms with E-state index in [1.165, 1.54) is 13.8 Å². The summed E-state index contributed by atoms with van der Waals surface area (Å²) in [5.74, 6) is -0.711. The van der Waals surface area contributed by atoms with E-state index < -0.39 is 12.2 Å². The summed E-state index contributed by atoms with van der Waals surface area (Å²) in [5, 5.41) is 0. The van der Waals surface area contributed by atoms with Gasteiger partial charge in [0.05, 0.1) is 0 Å². The van der Waals surface area contributed by atoms with Crippen molar-refractivity contribution >= 4 is 11.9 Å². The highest BCUT2D eigenvalue weighted by atomic mass is 16.6. The van der Waals surface area contributed by atoms with Crippen LogP contribution in [0.5, 0.6) is 0 Å². The Morgan fingerprint density at radius 2 is 1.04 bits per heavy atom. The Morgan fingerprint density at radius 1 is 0.692 bits per heavy atom. The van der Waals surface area contributed by atoms with Crippen LogP contribution in [0.4, 0.5) is 0 Å². The lowest BCUT2D eigenvalue weighted by molar-refractivity contribution is -0.173. The van der Waals surface area contributed by atoms with Crippen molar-refractivity contribution in [1.29, 1.82) is 0 Å². The van der Waals surface area contributed by atoms with Gasteiger partial charge in [-0.3, -0.25) is 9.59 Å². The largest absolute Gasteiger partial charge is 0.458 e. The molecule has 1 fully saturated rings. The zero-order valence-electron chi connectivity index (χ0n) is 15.1. The molecule has 0 aliphatic heterocycles. The summed E-state index contributed by atoms with van der Waals surface area (Å²) < 4.78 is 11.4. The van der Waals surface area contributed by atoms with Gasteiger partial charge in [-0.2, -0.15) is 0 Å². The number of hydrogen-bond acceptors (Lipinski definition) is 4. The van der Waals surface area contributed by atoms with Gasteiger partial charge in [0.2, 0.25) is 0 Å². The minimum absolute atomic E-state index is 0.00409. The molecule has 1 aliphatic rings. The molecule has 2 aromatic rings. The second-order valence-electron chi connectivity index (χ2n) is 6.76. The number of hydrogen-bond donors (Lipinski definition) is 0. The fourth-order valence-corrected chi connectivity index (χ4v) is 3.94. The van der Waals surface area contributed by atoms with Crippen LogP contribution < -0.4 is 0 Å². The predicted octanol–water partition coefficient (Wildman–Crippen LogP) is 4.21. The maximum Gasteiger partial charge on any atom is 0.303 e. The van der Waals surface area contributed by atoms with Crippen molar-refractivity contribution in [3.05, 3.63) is 71.8 Å². The Balaban J connectivity index is 1.99. The van der Waals surface area contributed by atoms with Crippen LogP contribution in [0.2, 0.25) is 0 Å². The normalized spacial score (nSPS) is 25.3. The van der Waals surface area contributed by atoms with Gasteiger partial charge in [0, 0.05) is 25.7 Å². The van der Waals surface area contributed by atoms with Gasteiger partial charge < -0.3 is 9.47 Å². The molecular weight excluding hydrogens is 328 g/mol. The van der Waals surface area contributed by atoms with E-state index in [0.29, 0.717) is 0 Å². The van der Waals surface area contributed by atoms with Crippen LogP contribution in [0.3, 0.4) is 0 Å². The maximum absolute atomic E-state index is 11.8. The number of rotatable bonds is 4. The van der Waals surface area contributed by atoms with E-state index >= 15 is 0 Å². The molecule has 0 amide bonds.